The largest absolute Gasteiger partial charge is 0.271 e. The van der Waals surface area contributed by atoms with Crippen LogP contribution in [-0.2, 0) is 7.05 Å². The minimum absolute atomic E-state index is 0.173. The van der Waals surface area contributed by atoms with Gasteiger partial charge in [-0.05, 0) is 30.2 Å². The van der Waals surface area contributed by atoms with E-state index in [1.165, 1.54) is 0 Å². The number of hydrogen-bond donors (Lipinski definition) is 2. The van der Waals surface area contributed by atoms with Gasteiger partial charge in [0.2, 0.25) is 0 Å². The molecule has 1 atom stereocenters. The normalized spacial score (nSPS) is 12.7. The summed E-state index contributed by atoms with van der Waals surface area (Å²) in [4.78, 5) is 0. The van der Waals surface area contributed by atoms with Gasteiger partial charge in [0.15, 0.2) is 0 Å². The van der Waals surface area contributed by atoms with Crippen LogP contribution >= 0.6 is 11.6 Å². The zero-order valence-electron chi connectivity index (χ0n) is 9.68. The Bertz CT molecular complexity index is 522. The first-order valence-electron chi connectivity index (χ1n) is 5.20. The van der Waals surface area contributed by atoms with E-state index in [9.17, 15) is 0 Å². The summed E-state index contributed by atoms with van der Waals surface area (Å²) in [6.45, 7) is 2.01. The van der Waals surface area contributed by atoms with Crippen molar-refractivity contribution in [1.29, 1.82) is 0 Å². The highest BCUT2D eigenvalue weighted by Crippen LogP contribution is 2.25. The summed E-state index contributed by atoms with van der Waals surface area (Å²) >= 11 is 6.01. The van der Waals surface area contributed by atoms with E-state index in [2.05, 4.69) is 15.7 Å². The van der Waals surface area contributed by atoms with Gasteiger partial charge in [-0.15, -0.1) is 5.10 Å². The van der Waals surface area contributed by atoms with Crippen molar-refractivity contribution in [1.82, 2.24) is 20.4 Å². The molecule has 6 heteroatoms. The number of aryl methyl sites for hydroxylation is 2. The van der Waals surface area contributed by atoms with Crippen molar-refractivity contribution in [2.45, 2.75) is 13.0 Å². The average molecular weight is 252 g/mol. The van der Waals surface area contributed by atoms with Crippen LogP contribution in [0.1, 0.15) is 22.9 Å². The van der Waals surface area contributed by atoms with Crippen molar-refractivity contribution in [2.24, 2.45) is 12.9 Å². The highest BCUT2D eigenvalue weighted by molar-refractivity contribution is 6.30. The van der Waals surface area contributed by atoms with Crippen LogP contribution in [0.3, 0.4) is 0 Å². The predicted octanol–water partition coefficient (Wildman–Crippen LogP) is 1.33. The molecule has 1 unspecified atom stereocenters. The molecule has 1 aromatic heterocycles. The minimum atomic E-state index is -0.173. The van der Waals surface area contributed by atoms with Crippen molar-refractivity contribution in [3.05, 3.63) is 46.2 Å². The molecule has 0 saturated heterocycles. The topological polar surface area (TPSA) is 68.8 Å². The van der Waals surface area contributed by atoms with E-state index >= 15 is 0 Å². The van der Waals surface area contributed by atoms with Gasteiger partial charge in [0, 0.05) is 12.1 Å². The minimum Gasteiger partial charge on any atom is -0.271 e. The third-order valence-corrected chi connectivity index (χ3v) is 3.00. The Balaban J connectivity index is 2.49. The number of nitrogens with two attached hydrogens (primary N) is 1. The van der Waals surface area contributed by atoms with Gasteiger partial charge >= 0.3 is 0 Å². The lowest BCUT2D eigenvalue weighted by Gasteiger charge is -2.18. The van der Waals surface area contributed by atoms with Crippen molar-refractivity contribution in [3.8, 4) is 0 Å². The van der Waals surface area contributed by atoms with Crippen LogP contribution in [0.25, 0.3) is 0 Å². The van der Waals surface area contributed by atoms with Gasteiger partial charge in [0.25, 0.3) is 0 Å². The number of nitrogens with one attached hydrogen (secondary N) is 1. The van der Waals surface area contributed by atoms with Crippen molar-refractivity contribution in [3.63, 3.8) is 0 Å². The molecule has 1 aromatic carbocycles. The second-order valence-electron chi connectivity index (χ2n) is 3.88. The van der Waals surface area contributed by atoms with Crippen molar-refractivity contribution < 1.29 is 0 Å². The Morgan fingerprint density at radius 3 is 2.82 bits per heavy atom. The summed E-state index contributed by atoms with van der Waals surface area (Å²) < 4.78 is 1.69. The summed E-state index contributed by atoms with van der Waals surface area (Å²) in [6.07, 6.45) is 1.69. The maximum atomic E-state index is 6.01. The summed E-state index contributed by atoms with van der Waals surface area (Å²) in [5, 5.41) is 8.44. The molecular weight excluding hydrogens is 238 g/mol. The summed E-state index contributed by atoms with van der Waals surface area (Å²) in [5.74, 6) is 5.62. The Morgan fingerprint density at radius 1 is 1.47 bits per heavy atom. The van der Waals surface area contributed by atoms with Gasteiger partial charge < -0.3 is 0 Å². The van der Waals surface area contributed by atoms with Crippen LogP contribution in [0.4, 0.5) is 0 Å². The molecule has 2 rings (SSSR count). The lowest BCUT2D eigenvalue weighted by Crippen LogP contribution is -2.30. The van der Waals surface area contributed by atoms with Crippen LogP contribution in [0.15, 0.2) is 24.4 Å². The highest BCUT2D eigenvalue weighted by atomic mass is 35.5. The van der Waals surface area contributed by atoms with Gasteiger partial charge in [-0.2, -0.15) is 0 Å². The van der Waals surface area contributed by atoms with Gasteiger partial charge in [-0.1, -0.05) is 22.9 Å². The molecule has 17 heavy (non-hydrogen) atoms. The first-order valence-corrected chi connectivity index (χ1v) is 5.58. The fourth-order valence-corrected chi connectivity index (χ4v) is 2.00. The number of nitrogens with zero attached hydrogens (tertiary/aromatic N) is 3. The first kappa shape index (κ1) is 12.0. The van der Waals surface area contributed by atoms with E-state index < -0.39 is 0 Å². The number of halogens is 1. The summed E-state index contributed by atoms with van der Waals surface area (Å²) in [5.41, 5.74) is 5.79. The molecule has 0 bridgehead atoms. The predicted molar refractivity (Wildman–Crippen MR) is 66.4 cm³/mol. The average Bonchev–Trinajstić information content (AvgIpc) is 2.71. The van der Waals surface area contributed by atoms with E-state index in [0.29, 0.717) is 5.02 Å². The van der Waals surface area contributed by atoms with Crippen molar-refractivity contribution >= 4 is 11.6 Å². The molecule has 0 saturated carbocycles. The standard InChI is InChI=1S/C11H14ClN5/c1-7-3-4-8(12)5-9(7)11(15-13)10-6-14-16-17(10)2/h3-6,11,15H,13H2,1-2H3. The third kappa shape index (κ3) is 2.31. The zero-order chi connectivity index (χ0) is 12.4. The molecule has 0 aliphatic heterocycles. The van der Waals surface area contributed by atoms with Gasteiger partial charge in [0.05, 0.1) is 17.9 Å². The van der Waals surface area contributed by atoms with E-state index in [0.717, 1.165) is 16.8 Å². The van der Waals surface area contributed by atoms with Crippen LogP contribution in [0.5, 0.6) is 0 Å². The number of hydrazine groups is 1. The number of hydrogen-bond acceptors (Lipinski definition) is 4. The molecule has 0 amide bonds. The number of benzene rings is 1. The number of rotatable bonds is 3. The molecule has 0 spiro atoms. The summed E-state index contributed by atoms with van der Waals surface area (Å²) in [6, 6.07) is 5.55. The molecule has 5 nitrogen and oxygen atoms in total. The lowest BCUT2D eigenvalue weighted by atomic mass is 9.99. The maximum Gasteiger partial charge on any atom is 0.0897 e. The monoisotopic (exact) mass is 251 g/mol. The lowest BCUT2D eigenvalue weighted by molar-refractivity contribution is 0.568. The maximum absolute atomic E-state index is 6.01. The highest BCUT2D eigenvalue weighted by Gasteiger charge is 2.18. The molecule has 90 valence electrons. The van der Waals surface area contributed by atoms with E-state index in [1.54, 1.807) is 10.9 Å². The smallest absolute Gasteiger partial charge is 0.0897 e. The Hall–Kier alpha value is -1.43. The zero-order valence-corrected chi connectivity index (χ0v) is 10.4. The fourth-order valence-electron chi connectivity index (χ4n) is 1.82. The van der Waals surface area contributed by atoms with Crippen molar-refractivity contribution in [2.75, 3.05) is 0 Å². The molecule has 0 fully saturated rings. The molecule has 1 heterocycles. The fraction of sp³-hybridized carbons (Fsp3) is 0.273. The quantitative estimate of drug-likeness (QED) is 0.638. The van der Waals surface area contributed by atoms with Crippen LogP contribution < -0.4 is 11.3 Å². The molecule has 0 aliphatic rings. The number of aromatic nitrogens is 3. The van der Waals surface area contributed by atoms with Gasteiger partial charge in [0.1, 0.15) is 0 Å². The van der Waals surface area contributed by atoms with Gasteiger partial charge in [-0.25, -0.2) is 5.43 Å². The Morgan fingerprint density at radius 2 is 2.24 bits per heavy atom. The van der Waals surface area contributed by atoms with Crippen LogP contribution in [0, 0.1) is 6.92 Å². The second kappa shape index (κ2) is 4.83. The van der Waals surface area contributed by atoms with Crippen LogP contribution in [-0.4, -0.2) is 15.0 Å². The molecule has 0 aliphatic carbocycles. The third-order valence-electron chi connectivity index (χ3n) is 2.76. The molecule has 2 aromatic rings. The molecule has 0 radical (unpaired) electrons. The van der Waals surface area contributed by atoms with Gasteiger partial charge in [-0.3, -0.25) is 10.5 Å². The second-order valence-corrected chi connectivity index (χ2v) is 4.32. The Kier molecular flexibility index (Phi) is 3.42. The first-order chi connectivity index (χ1) is 8.13. The van der Waals surface area contributed by atoms with E-state index in [1.807, 2.05) is 32.2 Å². The summed E-state index contributed by atoms with van der Waals surface area (Å²) in [7, 11) is 1.83. The Labute approximate surface area is 105 Å². The van der Waals surface area contributed by atoms with E-state index in [4.69, 9.17) is 17.4 Å². The SMILES string of the molecule is Cc1ccc(Cl)cc1C(NN)c1cnnn1C. The van der Waals surface area contributed by atoms with Crippen LogP contribution in [0.2, 0.25) is 5.02 Å². The van der Waals surface area contributed by atoms with E-state index in [-0.39, 0.29) is 6.04 Å². The molecule has 3 N–H and O–H groups in total. The molecular formula is C11H14ClN5.